The Balaban J connectivity index is 1.81. The minimum atomic E-state index is -0.494. The first kappa shape index (κ1) is 18.2. The number of furan rings is 1. The number of nitrogens with zero attached hydrogens (tertiary/aromatic N) is 1. The fraction of sp³-hybridized carbons (Fsp3) is 0. The van der Waals surface area contributed by atoms with Crippen molar-refractivity contribution >= 4 is 49.5 Å². The first-order valence-electron chi connectivity index (χ1n) is 7.59. The Morgan fingerprint density at radius 1 is 1.04 bits per heavy atom. The molecule has 0 aliphatic carbocycles. The van der Waals surface area contributed by atoms with Crippen molar-refractivity contribution in [1.29, 1.82) is 5.26 Å². The largest absolute Gasteiger partial charge is 0.457 e. The van der Waals surface area contributed by atoms with Crippen molar-refractivity contribution < 1.29 is 9.21 Å². The monoisotopic (exact) mass is 470 g/mol. The van der Waals surface area contributed by atoms with Gasteiger partial charge in [-0.3, -0.25) is 4.79 Å². The van der Waals surface area contributed by atoms with E-state index in [1.54, 1.807) is 30.3 Å². The summed E-state index contributed by atoms with van der Waals surface area (Å²) < 4.78 is 7.52. The maximum atomic E-state index is 12.3. The van der Waals surface area contributed by atoms with E-state index in [1.165, 1.54) is 6.08 Å². The minimum absolute atomic E-state index is 0.0416. The van der Waals surface area contributed by atoms with Gasteiger partial charge in [0, 0.05) is 26.3 Å². The highest BCUT2D eigenvalue weighted by Crippen LogP contribution is 2.26. The summed E-state index contributed by atoms with van der Waals surface area (Å²) in [5, 5.41) is 12.0. The lowest BCUT2D eigenvalue weighted by Gasteiger charge is -2.04. The minimum Gasteiger partial charge on any atom is -0.457 e. The van der Waals surface area contributed by atoms with E-state index in [0.717, 1.165) is 14.5 Å². The van der Waals surface area contributed by atoms with Gasteiger partial charge in [0.1, 0.15) is 23.2 Å². The molecule has 0 radical (unpaired) electrons. The van der Waals surface area contributed by atoms with Crippen LogP contribution in [0.15, 0.2) is 79.6 Å². The highest BCUT2D eigenvalue weighted by molar-refractivity contribution is 9.10. The maximum Gasteiger partial charge on any atom is 0.266 e. The lowest BCUT2D eigenvalue weighted by atomic mass is 10.2. The number of carbonyl (C=O) groups is 1. The van der Waals surface area contributed by atoms with Crippen molar-refractivity contribution in [3.8, 4) is 17.4 Å². The Kier molecular flexibility index (Phi) is 5.71. The summed E-state index contributed by atoms with van der Waals surface area (Å²) in [5.41, 5.74) is 1.45. The first-order valence-corrected chi connectivity index (χ1v) is 9.18. The van der Waals surface area contributed by atoms with Crippen molar-refractivity contribution in [3.63, 3.8) is 0 Å². The normalized spacial score (nSPS) is 11.0. The van der Waals surface area contributed by atoms with Crippen LogP contribution in [0.3, 0.4) is 0 Å². The number of nitrogens with one attached hydrogen (secondary N) is 1. The zero-order valence-electron chi connectivity index (χ0n) is 13.4. The van der Waals surface area contributed by atoms with E-state index in [9.17, 15) is 10.1 Å². The molecular formula is C20H12Br2N2O2. The third-order valence-electron chi connectivity index (χ3n) is 3.47. The van der Waals surface area contributed by atoms with E-state index in [-0.39, 0.29) is 5.57 Å². The van der Waals surface area contributed by atoms with Gasteiger partial charge in [0.25, 0.3) is 5.91 Å². The van der Waals surface area contributed by atoms with Gasteiger partial charge in [-0.1, -0.05) is 50.1 Å². The summed E-state index contributed by atoms with van der Waals surface area (Å²) in [4.78, 5) is 12.3. The molecule has 0 atom stereocenters. The molecule has 26 heavy (non-hydrogen) atoms. The second-order valence-electron chi connectivity index (χ2n) is 5.35. The van der Waals surface area contributed by atoms with Gasteiger partial charge in [-0.05, 0) is 42.5 Å². The van der Waals surface area contributed by atoms with E-state index in [1.807, 2.05) is 36.4 Å². The van der Waals surface area contributed by atoms with Gasteiger partial charge in [-0.25, -0.2) is 0 Å². The lowest BCUT2D eigenvalue weighted by molar-refractivity contribution is -0.112. The van der Waals surface area contributed by atoms with Crippen LogP contribution in [0.25, 0.3) is 17.4 Å². The Morgan fingerprint density at radius 3 is 2.46 bits per heavy atom. The van der Waals surface area contributed by atoms with Crippen LogP contribution < -0.4 is 5.32 Å². The summed E-state index contributed by atoms with van der Waals surface area (Å²) in [5.74, 6) is 0.592. The molecule has 0 spiro atoms. The SMILES string of the molecule is N#C/C(=C/c1ccc(-c2cccc(Br)c2)o1)C(=O)Nc1cccc(Br)c1. The number of nitriles is 1. The van der Waals surface area contributed by atoms with Gasteiger partial charge in [0.05, 0.1) is 0 Å². The molecule has 6 heteroatoms. The molecule has 0 unspecified atom stereocenters. The van der Waals surface area contributed by atoms with Crippen molar-refractivity contribution in [2.45, 2.75) is 0 Å². The molecule has 3 aromatic rings. The maximum absolute atomic E-state index is 12.3. The quantitative estimate of drug-likeness (QED) is 0.373. The number of benzene rings is 2. The van der Waals surface area contributed by atoms with Crippen LogP contribution in [0.1, 0.15) is 5.76 Å². The second-order valence-corrected chi connectivity index (χ2v) is 7.18. The number of hydrogen-bond acceptors (Lipinski definition) is 3. The van der Waals surface area contributed by atoms with Gasteiger partial charge in [-0.2, -0.15) is 5.26 Å². The molecule has 0 fully saturated rings. The van der Waals surface area contributed by atoms with Crippen molar-refractivity contribution in [2.75, 3.05) is 5.32 Å². The Morgan fingerprint density at radius 2 is 1.77 bits per heavy atom. The lowest BCUT2D eigenvalue weighted by Crippen LogP contribution is -2.13. The van der Waals surface area contributed by atoms with E-state index in [2.05, 4.69) is 37.2 Å². The number of rotatable bonds is 4. The molecule has 3 rings (SSSR count). The molecule has 0 bridgehead atoms. The fourth-order valence-corrected chi connectivity index (χ4v) is 3.08. The summed E-state index contributed by atoms with van der Waals surface area (Å²) in [6.07, 6.45) is 1.43. The average Bonchev–Trinajstić information content (AvgIpc) is 3.08. The fourth-order valence-electron chi connectivity index (χ4n) is 2.28. The Hall–Kier alpha value is -2.62. The molecule has 1 amide bonds. The summed E-state index contributed by atoms with van der Waals surface area (Å²) in [7, 11) is 0. The molecule has 0 saturated heterocycles. The molecule has 4 nitrogen and oxygen atoms in total. The van der Waals surface area contributed by atoms with Crippen LogP contribution >= 0.6 is 31.9 Å². The van der Waals surface area contributed by atoms with E-state index >= 15 is 0 Å². The molecule has 0 aliphatic rings. The average molecular weight is 472 g/mol. The van der Waals surface area contributed by atoms with Crippen molar-refractivity contribution in [2.24, 2.45) is 0 Å². The predicted molar refractivity (Wildman–Crippen MR) is 108 cm³/mol. The van der Waals surface area contributed by atoms with Gasteiger partial charge in [-0.15, -0.1) is 0 Å². The topological polar surface area (TPSA) is 66.0 Å². The van der Waals surface area contributed by atoms with Crippen LogP contribution in [-0.2, 0) is 4.79 Å². The van der Waals surface area contributed by atoms with Crippen LogP contribution in [0.2, 0.25) is 0 Å². The van der Waals surface area contributed by atoms with Crippen LogP contribution in [0.4, 0.5) is 5.69 Å². The van der Waals surface area contributed by atoms with Crippen LogP contribution in [-0.4, -0.2) is 5.91 Å². The highest BCUT2D eigenvalue weighted by atomic mass is 79.9. The van der Waals surface area contributed by atoms with Gasteiger partial charge in [0.2, 0.25) is 0 Å². The van der Waals surface area contributed by atoms with Gasteiger partial charge >= 0.3 is 0 Å². The summed E-state index contributed by atoms with van der Waals surface area (Å²) in [6, 6.07) is 20.3. The molecule has 2 aromatic carbocycles. The van der Waals surface area contributed by atoms with Crippen LogP contribution in [0.5, 0.6) is 0 Å². The molecular weight excluding hydrogens is 460 g/mol. The van der Waals surface area contributed by atoms with Crippen molar-refractivity contribution in [3.05, 3.63) is 80.9 Å². The standard InChI is InChI=1S/C20H12Br2N2O2/c21-15-4-1-3-13(9-15)19-8-7-18(26-19)10-14(12-23)20(25)24-17-6-2-5-16(22)11-17/h1-11H,(H,24,25)/b14-10-. The summed E-state index contributed by atoms with van der Waals surface area (Å²) in [6.45, 7) is 0. The number of halogens is 2. The first-order chi connectivity index (χ1) is 12.5. The number of amides is 1. The second kappa shape index (κ2) is 8.17. The third-order valence-corrected chi connectivity index (χ3v) is 4.46. The smallest absolute Gasteiger partial charge is 0.266 e. The summed E-state index contributed by atoms with van der Waals surface area (Å²) >= 11 is 6.76. The number of carbonyl (C=O) groups excluding carboxylic acids is 1. The molecule has 1 aromatic heterocycles. The van der Waals surface area contributed by atoms with E-state index in [0.29, 0.717) is 17.2 Å². The Bertz CT molecular complexity index is 1030. The molecule has 0 aliphatic heterocycles. The van der Waals surface area contributed by atoms with Gasteiger partial charge in [0.15, 0.2) is 0 Å². The molecule has 0 saturated carbocycles. The van der Waals surface area contributed by atoms with Crippen LogP contribution in [0, 0.1) is 11.3 Å². The zero-order chi connectivity index (χ0) is 18.5. The van der Waals surface area contributed by atoms with E-state index in [4.69, 9.17) is 4.42 Å². The number of anilines is 1. The Labute approximate surface area is 167 Å². The van der Waals surface area contributed by atoms with E-state index < -0.39 is 5.91 Å². The molecule has 128 valence electrons. The highest BCUT2D eigenvalue weighted by Gasteiger charge is 2.12. The van der Waals surface area contributed by atoms with Gasteiger partial charge < -0.3 is 9.73 Å². The zero-order valence-corrected chi connectivity index (χ0v) is 16.5. The third kappa shape index (κ3) is 4.51. The van der Waals surface area contributed by atoms with Crippen molar-refractivity contribution in [1.82, 2.24) is 0 Å². The molecule has 1 N–H and O–H groups in total. The molecule has 1 heterocycles. The number of hydrogen-bond donors (Lipinski definition) is 1. The predicted octanol–water partition coefficient (Wildman–Crippen LogP) is 6.02.